The Morgan fingerprint density at radius 2 is 1.90 bits per heavy atom. The highest BCUT2D eigenvalue weighted by atomic mass is 35.5. The van der Waals surface area contributed by atoms with Crippen LogP contribution in [0, 0.1) is 5.82 Å². The van der Waals surface area contributed by atoms with Gasteiger partial charge in [-0.15, -0.1) is 0 Å². The molecule has 1 heterocycles. The molecular weight excluding hydrogens is 433 g/mol. The molecule has 0 saturated carbocycles. The summed E-state index contributed by atoms with van der Waals surface area (Å²) in [5.41, 5.74) is 0.384. The van der Waals surface area contributed by atoms with Crippen molar-refractivity contribution in [3.63, 3.8) is 0 Å². The summed E-state index contributed by atoms with van der Waals surface area (Å²) in [4.78, 5) is 14.4. The van der Waals surface area contributed by atoms with Crippen LogP contribution in [-0.4, -0.2) is 63.4 Å². The molecule has 0 unspecified atom stereocenters. The van der Waals surface area contributed by atoms with E-state index < -0.39 is 15.8 Å². The summed E-state index contributed by atoms with van der Waals surface area (Å²) < 4.78 is 45.6. The van der Waals surface area contributed by atoms with Crippen molar-refractivity contribution in [3.05, 3.63) is 53.3 Å². The Labute approximate surface area is 180 Å². The number of benzene rings is 2. The van der Waals surface area contributed by atoms with Gasteiger partial charge in [0.25, 0.3) is 0 Å². The topological polar surface area (TPSA) is 79.0 Å². The summed E-state index contributed by atoms with van der Waals surface area (Å²) in [6.45, 7) is 2.25. The molecule has 0 bridgehead atoms. The predicted octanol–water partition coefficient (Wildman–Crippen LogP) is 2.82. The smallest absolute Gasteiger partial charge is 0.243 e. The standard InChI is InChI=1S/C20H23ClFN3O4S/c1-24-8-10-25(11-9-24)30(27,28)17-4-2-3-16(14-17)23-20(26)7-12-29-19-6-5-15(22)13-18(19)21/h2-6,13-14H,7-12H2,1H3,(H,23,26). The Hall–Kier alpha value is -2.20. The number of carbonyl (C=O) groups excluding carboxylic acids is 1. The van der Waals surface area contributed by atoms with Crippen LogP contribution in [0.2, 0.25) is 5.02 Å². The van der Waals surface area contributed by atoms with Gasteiger partial charge in [-0.05, 0) is 43.4 Å². The van der Waals surface area contributed by atoms with E-state index >= 15 is 0 Å². The van der Waals surface area contributed by atoms with Crippen molar-refractivity contribution < 1.29 is 22.3 Å². The third-order valence-electron chi connectivity index (χ3n) is 4.70. The lowest BCUT2D eigenvalue weighted by Gasteiger charge is -2.31. The number of hydrogen-bond donors (Lipinski definition) is 1. The highest BCUT2D eigenvalue weighted by molar-refractivity contribution is 7.89. The molecule has 3 rings (SSSR count). The molecule has 0 radical (unpaired) electrons. The van der Waals surface area contributed by atoms with Crippen molar-refractivity contribution in [1.29, 1.82) is 0 Å². The number of halogens is 2. The second-order valence-corrected chi connectivity index (χ2v) is 9.30. The number of nitrogens with one attached hydrogen (secondary N) is 1. The molecule has 1 saturated heterocycles. The van der Waals surface area contributed by atoms with Gasteiger partial charge in [0.05, 0.1) is 22.9 Å². The third kappa shape index (κ3) is 5.69. The van der Waals surface area contributed by atoms with Gasteiger partial charge >= 0.3 is 0 Å². The molecule has 0 aliphatic carbocycles. The second kappa shape index (κ2) is 9.74. The first-order valence-corrected chi connectivity index (χ1v) is 11.2. The first-order chi connectivity index (χ1) is 14.3. The molecule has 1 fully saturated rings. The summed E-state index contributed by atoms with van der Waals surface area (Å²) in [5.74, 6) is -0.537. The van der Waals surface area contributed by atoms with E-state index in [4.69, 9.17) is 16.3 Å². The summed E-state index contributed by atoms with van der Waals surface area (Å²) in [5, 5.41) is 2.79. The van der Waals surface area contributed by atoms with Crippen molar-refractivity contribution in [2.24, 2.45) is 0 Å². The van der Waals surface area contributed by atoms with Crippen LogP contribution in [0.15, 0.2) is 47.4 Å². The molecule has 1 aliphatic heterocycles. The van der Waals surface area contributed by atoms with E-state index in [0.29, 0.717) is 31.9 Å². The lowest BCUT2D eigenvalue weighted by molar-refractivity contribution is -0.116. The zero-order valence-electron chi connectivity index (χ0n) is 16.5. The van der Waals surface area contributed by atoms with E-state index in [-0.39, 0.29) is 34.6 Å². The van der Waals surface area contributed by atoms with E-state index in [1.54, 1.807) is 12.1 Å². The van der Waals surface area contributed by atoms with Crippen LogP contribution in [0.5, 0.6) is 5.75 Å². The van der Waals surface area contributed by atoms with Gasteiger partial charge in [0.2, 0.25) is 15.9 Å². The highest BCUT2D eigenvalue weighted by Gasteiger charge is 2.27. The summed E-state index contributed by atoms with van der Waals surface area (Å²) in [6, 6.07) is 9.91. The highest BCUT2D eigenvalue weighted by Crippen LogP contribution is 2.25. The van der Waals surface area contributed by atoms with Crippen molar-refractivity contribution in [1.82, 2.24) is 9.21 Å². The molecule has 30 heavy (non-hydrogen) atoms. The van der Waals surface area contributed by atoms with E-state index in [9.17, 15) is 17.6 Å². The lowest BCUT2D eigenvalue weighted by atomic mass is 10.3. The molecule has 1 N–H and O–H groups in total. The van der Waals surface area contributed by atoms with Gasteiger partial charge in [0.1, 0.15) is 11.6 Å². The Morgan fingerprint density at radius 1 is 1.17 bits per heavy atom. The molecule has 1 aliphatic rings. The van der Waals surface area contributed by atoms with Crippen LogP contribution in [0.3, 0.4) is 0 Å². The van der Waals surface area contributed by atoms with Crippen molar-refractivity contribution >= 4 is 33.2 Å². The second-order valence-electron chi connectivity index (χ2n) is 6.96. The molecule has 2 aromatic carbocycles. The van der Waals surface area contributed by atoms with Gasteiger partial charge in [-0.1, -0.05) is 17.7 Å². The first-order valence-electron chi connectivity index (χ1n) is 9.42. The van der Waals surface area contributed by atoms with E-state index in [0.717, 1.165) is 6.07 Å². The molecule has 162 valence electrons. The molecule has 0 spiro atoms. The fraction of sp³-hybridized carbons (Fsp3) is 0.350. The van der Waals surface area contributed by atoms with Crippen LogP contribution in [-0.2, 0) is 14.8 Å². The molecule has 0 atom stereocenters. The van der Waals surface area contributed by atoms with Crippen molar-refractivity contribution in [2.75, 3.05) is 45.2 Å². The molecule has 2 aromatic rings. The zero-order valence-corrected chi connectivity index (χ0v) is 18.0. The maximum Gasteiger partial charge on any atom is 0.243 e. The number of rotatable bonds is 7. The lowest BCUT2D eigenvalue weighted by Crippen LogP contribution is -2.47. The summed E-state index contributed by atoms with van der Waals surface area (Å²) in [7, 11) is -1.67. The van der Waals surface area contributed by atoms with Crippen LogP contribution in [0.4, 0.5) is 10.1 Å². The Bertz CT molecular complexity index is 1010. The molecule has 7 nitrogen and oxygen atoms in total. The number of amides is 1. The minimum atomic E-state index is -3.62. The van der Waals surface area contributed by atoms with Gasteiger partial charge < -0.3 is 15.0 Å². The number of nitrogens with zero attached hydrogens (tertiary/aromatic N) is 2. The SMILES string of the molecule is CN1CCN(S(=O)(=O)c2cccc(NC(=O)CCOc3ccc(F)cc3Cl)c2)CC1. The van der Waals surface area contributed by atoms with Gasteiger partial charge in [0.15, 0.2) is 0 Å². The monoisotopic (exact) mass is 455 g/mol. The number of anilines is 1. The maximum absolute atomic E-state index is 13.0. The van der Waals surface area contributed by atoms with Crippen LogP contribution < -0.4 is 10.1 Å². The van der Waals surface area contributed by atoms with Gasteiger partial charge in [-0.3, -0.25) is 4.79 Å². The van der Waals surface area contributed by atoms with Gasteiger partial charge in [0, 0.05) is 31.9 Å². The summed E-state index contributed by atoms with van der Waals surface area (Å²) in [6.07, 6.45) is 0.0170. The third-order valence-corrected chi connectivity index (χ3v) is 6.89. The Balaban J connectivity index is 1.57. The minimum Gasteiger partial charge on any atom is -0.491 e. The number of piperazine rings is 1. The Kier molecular flexibility index (Phi) is 7.30. The minimum absolute atomic E-state index is 0.0170. The average molecular weight is 456 g/mol. The van der Waals surface area contributed by atoms with Crippen LogP contribution in [0.25, 0.3) is 0 Å². The number of ether oxygens (including phenoxy) is 1. The maximum atomic E-state index is 13.0. The molecular formula is C20H23ClFN3O4S. The number of sulfonamides is 1. The summed E-state index contributed by atoms with van der Waals surface area (Å²) >= 11 is 5.88. The number of hydrogen-bond acceptors (Lipinski definition) is 5. The quantitative estimate of drug-likeness (QED) is 0.694. The fourth-order valence-corrected chi connectivity index (χ4v) is 4.67. The van der Waals surface area contributed by atoms with Crippen molar-refractivity contribution in [2.45, 2.75) is 11.3 Å². The number of carbonyl (C=O) groups is 1. The molecule has 1 amide bonds. The van der Waals surface area contributed by atoms with E-state index in [2.05, 4.69) is 10.2 Å². The number of likely N-dealkylation sites (N-methyl/N-ethyl adjacent to an activating group) is 1. The van der Waals surface area contributed by atoms with Crippen LogP contribution in [0.1, 0.15) is 6.42 Å². The molecule has 10 heteroatoms. The van der Waals surface area contributed by atoms with Crippen molar-refractivity contribution in [3.8, 4) is 5.75 Å². The van der Waals surface area contributed by atoms with Gasteiger partial charge in [-0.2, -0.15) is 4.31 Å². The normalized spacial score (nSPS) is 15.7. The van der Waals surface area contributed by atoms with Gasteiger partial charge in [-0.25, -0.2) is 12.8 Å². The van der Waals surface area contributed by atoms with E-state index in [1.165, 1.54) is 28.6 Å². The van der Waals surface area contributed by atoms with Crippen LogP contribution >= 0.6 is 11.6 Å². The zero-order chi connectivity index (χ0) is 21.7. The van der Waals surface area contributed by atoms with E-state index in [1.807, 2.05) is 7.05 Å². The fourth-order valence-electron chi connectivity index (χ4n) is 2.98. The average Bonchev–Trinajstić information content (AvgIpc) is 2.70. The largest absolute Gasteiger partial charge is 0.491 e. The predicted molar refractivity (Wildman–Crippen MR) is 113 cm³/mol. The Morgan fingerprint density at radius 3 is 2.60 bits per heavy atom. The first kappa shape index (κ1) is 22.5. The molecule has 0 aromatic heterocycles.